The summed E-state index contributed by atoms with van der Waals surface area (Å²) in [6.45, 7) is 13.2. The first-order valence-electron chi connectivity index (χ1n) is 17.8. The molecular formula is C38H49N7O5S. The molecule has 3 fully saturated rings. The minimum Gasteiger partial charge on any atom is -0.444 e. The van der Waals surface area contributed by atoms with Gasteiger partial charge in [-0.15, -0.1) is 0 Å². The molecule has 0 saturated carbocycles. The highest BCUT2D eigenvalue weighted by atomic mass is 32.2. The van der Waals surface area contributed by atoms with E-state index in [0.717, 1.165) is 47.3 Å². The van der Waals surface area contributed by atoms with Crippen molar-refractivity contribution in [2.45, 2.75) is 94.7 Å². The number of urea groups is 1. The van der Waals surface area contributed by atoms with Crippen LogP contribution < -0.4 is 15.5 Å². The fourth-order valence-electron chi connectivity index (χ4n) is 7.02. The van der Waals surface area contributed by atoms with Crippen molar-refractivity contribution in [2.24, 2.45) is 7.05 Å². The molecule has 0 spiro atoms. The van der Waals surface area contributed by atoms with Gasteiger partial charge in [-0.25, -0.2) is 18.1 Å². The van der Waals surface area contributed by atoms with Gasteiger partial charge in [0.25, 0.3) is 0 Å². The highest BCUT2D eigenvalue weighted by molar-refractivity contribution is 7.82. The SMILES string of the molecule is Cn1nc(N2CCC(=O)NC2=O)c2ccc(C3CCN(C(C)(C)C#Cc4cccc(S(=O)N5CCC(NC(=O)OC(C)(C)C)CC5)c4)CC3)cc21. The Kier molecular flexibility index (Phi) is 10.6. The van der Waals surface area contributed by atoms with Gasteiger partial charge in [-0.05, 0) is 102 Å². The smallest absolute Gasteiger partial charge is 0.407 e. The number of alkyl carbamates (subject to hydrolysis) is 1. The second-order valence-corrected chi connectivity index (χ2v) is 16.7. The predicted octanol–water partition coefficient (Wildman–Crippen LogP) is 5.04. The van der Waals surface area contributed by atoms with Crippen molar-refractivity contribution in [3.8, 4) is 11.8 Å². The topological polar surface area (TPSA) is 129 Å². The van der Waals surface area contributed by atoms with Gasteiger partial charge in [0.05, 0.1) is 16.0 Å². The van der Waals surface area contributed by atoms with Gasteiger partial charge in [0.2, 0.25) is 5.91 Å². The number of fused-ring (bicyclic) bond motifs is 1. The Morgan fingerprint density at radius 3 is 2.39 bits per heavy atom. The first-order chi connectivity index (χ1) is 24.2. The number of imide groups is 1. The summed E-state index contributed by atoms with van der Waals surface area (Å²) in [5.74, 6) is 7.57. The van der Waals surface area contributed by atoms with E-state index in [1.54, 1.807) is 4.90 Å². The van der Waals surface area contributed by atoms with Crippen LogP contribution in [0.1, 0.15) is 83.8 Å². The van der Waals surface area contributed by atoms with E-state index in [9.17, 15) is 18.6 Å². The summed E-state index contributed by atoms with van der Waals surface area (Å²) in [5.41, 5.74) is 2.16. The molecule has 2 aromatic carbocycles. The zero-order valence-corrected chi connectivity index (χ0v) is 31.3. The first-order valence-corrected chi connectivity index (χ1v) is 18.9. The summed E-state index contributed by atoms with van der Waals surface area (Å²) in [6, 6.07) is 13.6. The molecule has 6 rings (SSSR count). The standard InChI is InChI=1S/C38H49N7O5S/c1-37(2,3)50-36(48)39-29-15-21-44(22-16-29)51(49)30-9-7-8-26(24-30)12-18-38(4,5)43-19-13-27(14-20-43)28-10-11-31-32(25-28)42(6)41-34(31)45-23-17-33(46)40-35(45)47/h7-11,24-25,27,29H,13-17,19-23H2,1-6H3,(H,39,48)(H,40,46,47). The molecule has 4 heterocycles. The van der Waals surface area contributed by atoms with E-state index < -0.39 is 28.7 Å². The van der Waals surface area contributed by atoms with Crippen LogP contribution in [-0.4, -0.2) is 91.1 Å². The van der Waals surface area contributed by atoms with E-state index in [4.69, 9.17) is 4.74 Å². The molecule has 3 aromatic rings. The van der Waals surface area contributed by atoms with Crippen molar-refractivity contribution in [3.63, 3.8) is 0 Å². The van der Waals surface area contributed by atoms with E-state index in [1.165, 1.54) is 5.56 Å². The number of likely N-dealkylation sites (tertiary alicyclic amines) is 1. The maximum absolute atomic E-state index is 13.5. The molecule has 0 aliphatic carbocycles. The monoisotopic (exact) mass is 715 g/mol. The van der Waals surface area contributed by atoms with Crippen molar-refractivity contribution >= 4 is 45.7 Å². The third kappa shape index (κ3) is 8.63. The molecule has 272 valence electrons. The third-order valence-electron chi connectivity index (χ3n) is 9.88. The van der Waals surface area contributed by atoms with Gasteiger partial charge < -0.3 is 10.1 Å². The molecule has 3 aliphatic rings. The fourth-order valence-corrected chi connectivity index (χ4v) is 8.29. The van der Waals surface area contributed by atoms with E-state index in [-0.39, 0.29) is 23.9 Å². The number of amides is 4. The Bertz CT molecular complexity index is 1890. The van der Waals surface area contributed by atoms with Crippen molar-refractivity contribution in [1.29, 1.82) is 0 Å². The molecular weight excluding hydrogens is 667 g/mol. The van der Waals surface area contributed by atoms with Crippen LogP contribution in [0.2, 0.25) is 0 Å². The second-order valence-electron chi connectivity index (χ2n) is 15.2. The number of aryl methyl sites for hydroxylation is 1. The quantitative estimate of drug-likeness (QED) is 0.343. The number of hydrogen-bond acceptors (Lipinski definition) is 7. The van der Waals surface area contributed by atoms with Crippen LogP contribution in [0.5, 0.6) is 0 Å². The van der Waals surface area contributed by atoms with E-state index in [1.807, 2.05) is 67.1 Å². The van der Waals surface area contributed by atoms with Gasteiger partial charge in [0.15, 0.2) is 5.82 Å². The molecule has 4 amide bonds. The summed E-state index contributed by atoms with van der Waals surface area (Å²) >= 11 is 0. The van der Waals surface area contributed by atoms with Crippen LogP contribution >= 0.6 is 0 Å². The maximum atomic E-state index is 13.5. The molecule has 13 heteroatoms. The minimum absolute atomic E-state index is 0.000694. The number of nitrogens with zero attached hydrogens (tertiary/aromatic N) is 5. The van der Waals surface area contributed by atoms with Crippen LogP contribution in [0.25, 0.3) is 10.9 Å². The Balaban J connectivity index is 1.04. The average molecular weight is 716 g/mol. The second kappa shape index (κ2) is 14.8. The molecule has 3 aliphatic heterocycles. The number of piperidine rings is 2. The lowest BCUT2D eigenvalue weighted by molar-refractivity contribution is -0.120. The minimum atomic E-state index is -1.32. The Morgan fingerprint density at radius 1 is 0.980 bits per heavy atom. The van der Waals surface area contributed by atoms with Gasteiger partial charge in [0, 0.05) is 63.2 Å². The summed E-state index contributed by atoms with van der Waals surface area (Å²) in [7, 11) is 0.570. The largest absolute Gasteiger partial charge is 0.444 e. The number of aromatic nitrogens is 2. The Morgan fingerprint density at radius 2 is 1.71 bits per heavy atom. The molecule has 1 atom stereocenters. The van der Waals surface area contributed by atoms with Crippen LogP contribution in [0.4, 0.5) is 15.4 Å². The zero-order valence-electron chi connectivity index (χ0n) is 30.5. The predicted molar refractivity (Wildman–Crippen MR) is 198 cm³/mol. The van der Waals surface area contributed by atoms with Crippen LogP contribution in [0, 0.1) is 11.8 Å². The van der Waals surface area contributed by atoms with E-state index >= 15 is 0 Å². The Labute approximate surface area is 302 Å². The number of ether oxygens (including phenoxy) is 1. The van der Waals surface area contributed by atoms with Gasteiger partial charge in [-0.2, -0.15) is 5.10 Å². The summed E-state index contributed by atoms with van der Waals surface area (Å²) in [5, 5.41) is 10.9. The number of carbonyl (C=O) groups excluding carboxylic acids is 3. The van der Waals surface area contributed by atoms with Crippen LogP contribution in [0.15, 0.2) is 47.4 Å². The highest BCUT2D eigenvalue weighted by Gasteiger charge is 2.32. The summed E-state index contributed by atoms with van der Waals surface area (Å²) < 4.78 is 22.6. The van der Waals surface area contributed by atoms with Gasteiger partial charge in [0.1, 0.15) is 16.6 Å². The number of benzene rings is 2. The molecule has 0 radical (unpaired) electrons. The number of carbonyl (C=O) groups is 3. The number of anilines is 1. The first kappa shape index (κ1) is 36.5. The van der Waals surface area contributed by atoms with E-state index in [2.05, 4.69) is 58.5 Å². The molecule has 2 N–H and O–H groups in total. The number of nitrogens with one attached hydrogen (secondary N) is 2. The molecule has 12 nitrogen and oxygen atoms in total. The van der Waals surface area contributed by atoms with Gasteiger partial charge >= 0.3 is 12.1 Å². The molecule has 3 saturated heterocycles. The normalized spacial score (nSPS) is 19.4. The Hall–Kier alpha value is -4.25. The van der Waals surface area contributed by atoms with Crippen molar-refractivity contribution < 1.29 is 23.3 Å². The van der Waals surface area contributed by atoms with Crippen LogP contribution in [0.3, 0.4) is 0 Å². The molecule has 1 unspecified atom stereocenters. The van der Waals surface area contributed by atoms with Crippen LogP contribution in [-0.2, 0) is 27.6 Å². The lowest BCUT2D eigenvalue weighted by Crippen LogP contribution is -2.49. The maximum Gasteiger partial charge on any atom is 0.407 e. The van der Waals surface area contributed by atoms with Crippen molar-refractivity contribution in [3.05, 3.63) is 53.6 Å². The number of rotatable bonds is 6. The van der Waals surface area contributed by atoms with Crippen molar-refractivity contribution in [1.82, 2.24) is 29.6 Å². The summed E-state index contributed by atoms with van der Waals surface area (Å²) in [6.07, 6.45) is 3.25. The fraction of sp³-hybridized carbons (Fsp3) is 0.526. The third-order valence-corrected chi connectivity index (χ3v) is 11.4. The molecule has 0 bridgehead atoms. The zero-order chi connectivity index (χ0) is 36.5. The lowest BCUT2D eigenvalue weighted by Gasteiger charge is -2.40. The van der Waals surface area contributed by atoms with Gasteiger partial charge in [-0.1, -0.05) is 24.0 Å². The highest BCUT2D eigenvalue weighted by Crippen LogP contribution is 2.35. The van der Waals surface area contributed by atoms with Gasteiger partial charge in [-0.3, -0.25) is 24.6 Å². The molecule has 1 aromatic heterocycles. The lowest BCUT2D eigenvalue weighted by atomic mass is 9.87. The summed E-state index contributed by atoms with van der Waals surface area (Å²) in [4.78, 5) is 41.0. The molecule has 51 heavy (non-hydrogen) atoms. The number of hydrogen-bond donors (Lipinski definition) is 2. The van der Waals surface area contributed by atoms with Crippen molar-refractivity contribution in [2.75, 3.05) is 37.6 Å². The van der Waals surface area contributed by atoms with E-state index in [0.29, 0.717) is 44.2 Å². The average Bonchev–Trinajstić information content (AvgIpc) is 3.41.